The second-order valence-corrected chi connectivity index (χ2v) is 12.6. The third-order valence-electron chi connectivity index (χ3n) is 9.06. The molecule has 51 heavy (non-hydrogen) atoms. The molecule has 0 bridgehead atoms. The zero-order valence-corrected chi connectivity index (χ0v) is 28.0. The van der Waals surface area contributed by atoms with Gasteiger partial charge in [-0.2, -0.15) is 0 Å². The predicted octanol–water partition coefficient (Wildman–Crippen LogP) is 11.8. The quantitative estimate of drug-likeness (QED) is 0.140. The van der Waals surface area contributed by atoms with Crippen molar-refractivity contribution >= 4 is 21.5 Å². The fourth-order valence-corrected chi connectivity index (χ4v) is 6.66. The number of phenols is 1. The van der Waals surface area contributed by atoms with Gasteiger partial charge >= 0.3 is 0 Å². The van der Waals surface area contributed by atoms with E-state index in [4.69, 9.17) is 14.2 Å². The molecule has 8 rings (SSSR count). The summed E-state index contributed by atoms with van der Waals surface area (Å²) in [5.74, 6) is 2.67. The molecule has 0 amide bonds. The molecule has 0 atom stereocenters. The van der Waals surface area contributed by atoms with Crippen molar-refractivity contribution in [3.8, 4) is 45.3 Å². The van der Waals surface area contributed by atoms with E-state index in [0.29, 0.717) is 19.8 Å². The van der Waals surface area contributed by atoms with Crippen molar-refractivity contribution in [1.29, 1.82) is 0 Å². The SMILES string of the molecule is Oc1ccc(-c2c3ccccc3c(-c3ccc(COc4cc(COc5ccccc5)cc(COc5ccccc5)c4)cc3)c3ccccc23)cc1. The van der Waals surface area contributed by atoms with E-state index in [1.165, 1.54) is 32.7 Å². The molecule has 0 spiro atoms. The fourth-order valence-electron chi connectivity index (χ4n) is 6.66. The van der Waals surface area contributed by atoms with Crippen molar-refractivity contribution in [1.82, 2.24) is 0 Å². The summed E-state index contributed by atoms with van der Waals surface area (Å²) in [6.07, 6.45) is 0. The molecule has 248 valence electrons. The van der Waals surface area contributed by atoms with E-state index in [9.17, 15) is 5.11 Å². The molecule has 0 fully saturated rings. The third-order valence-corrected chi connectivity index (χ3v) is 9.06. The van der Waals surface area contributed by atoms with Crippen LogP contribution in [0.4, 0.5) is 0 Å². The van der Waals surface area contributed by atoms with Crippen molar-refractivity contribution in [2.24, 2.45) is 0 Å². The number of ether oxygens (including phenoxy) is 3. The highest BCUT2D eigenvalue weighted by Gasteiger charge is 2.16. The van der Waals surface area contributed by atoms with Gasteiger partial charge in [-0.05, 0) is 115 Å². The number of rotatable bonds is 11. The maximum absolute atomic E-state index is 9.98. The van der Waals surface area contributed by atoms with Crippen LogP contribution in [0.2, 0.25) is 0 Å². The zero-order chi connectivity index (χ0) is 34.4. The third kappa shape index (κ3) is 7.12. The second-order valence-electron chi connectivity index (χ2n) is 12.6. The van der Waals surface area contributed by atoms with Crippen LogP contribution in [0.25, 0.3) is 43.8 Å². The first-order valence-electron chi connectivity index (χ1n) is 17.1. The average Bonchev–Trinajstić information content (AvgIpc) is 3.19. The van der Waals surface area contributed by atoms with Crippen LogP contribution in [-0.2, 0) is 19.8 Å². The number of benzene rings is 8. The number of phenolic OH excluding ortho intramolecular Hbond substituents is 1. The maximum Gasteiger partial charge on any atom is 0.120 e. The highest BCUT2D eigenvalue weighted by atomic mass is 16.5. The van der Waals surface area contributed by atoms with Crippen LogP contribution < -0.4 is 14.2 Å². The average molecular weight is 665 g/mol. The normalized spacial score (nSPS) is 11.1. The second kappa shape index (κ2) is 14.5. The minimum absolute atomic E-state index is 0.260. The molecule has 8 aromatic carbocycles. The zero-order valence-electron chi connectivity index (χ0n) is 28.0. The van der Waals surface area contributed by atoms with Gasteiger partial charge in [0.15, 0.2) is 0 Å². The minimum atomic E-state index is 0.260. The van der Waals surface area contributed by atoms with Crippen LogP contribution >= 0.6 is 0 Å². The first kappa shape index (κ1) is 31.7. The van der Waals surface area contributed by atoms with Gasteiger partial charge in [0.25, 0.3) is 0 Å². The van der Waals surface area contributed by atoms with E-state index in [1.807, 2.05) is 84.9 Å². The lowest BCUT2D eigenvalue weighted by Gasteiger charge is -2.18. The van der Waals surface area contributed by atoms with E-state index < -0.39 is 0 Å². The van der Waals surface area contributed by atoms with Crippen LogP contribution in [0.5, 0.6) is 23.0 Å². The number of hydrogen-bond acceptors (Lipinski definition) is 4. The number of hydrogen-bond donors (Lipinski definition) is 1. The summed E-state index contributed by atoms with van der Waals surface area (Å²) in [4.78, 5) is 0. The van der Waals surface area contributed by atoms with Crippen molar-refractivity contribution in [3.05, 3.63) is 193 Å². The fraction of sp³-hybridized carbons (Fsp3) is 0.0638. The lowest BCUT2D eigenvalue weighted by Crippen LogP contribution is -2.02. The molecule has 0 aliphatic carbocycles. The van der Waals surface area contributed by atoms with Gasteiger partial charge in [0.2, 0.25) is 0 Å². The Hall–Kier alpha value is -6.52. The molecule has 4 nitrogen and oxygen atoms in total. The Morgan fingerprint density at radius 3 is 1.16 bits per heavy atom. The lowest BCUT2D eigenvalue weighted by atomic mass is 9.86. The van der Waals surface area contributed by atoms with Gasteiger partial charge in [-0.15, -0.1) is 0 Å². The summed E-state index contributed by atoms with van der Waals surface area (Å²) >= 11 is 0. The van der Waals surface area contributed by atoms with Crippen LogP contribution in [0.3, 0.4) is 0 Å². The van der Waals surface area contributed by atoms with E-state index in [1.54, 1.807) is 12.1 Å². The molecular weight excluding hydrogens is 629 g/mol. The summed E-state index contributed by atoms with van der Waals surface area (Å²) in [5.41, 5.74) is 7.67. The number of fused-ring (bicyclic) bond motifs is 2. The lowest BCUT2D eigenvalue weighted by molar-refractivity contribution is 0.288. The minimum Gasteiger partial charge on any atom is -0.508 e. The largest absolute Gasteiger partial charge is 0.508 e. The smallest absolute Gasteiger partial charge is 0.120 e. The van der Waals surface area contributed by atoms with Gasteiger partial charge in [-0.3, -0.25) is 0 Å². The molecule has 8 aromatic rings. The molecule has 1 N–H and O–H groups in total. The summed E-state index contributed by atoms with van der Waals surface area (Å²) in [5, 5.41) is 14.7. The van der Waals surface area contributed by atoms with Crippen LogP contribution in [0.15, 0.2) is 176 Å². The summed E-state index contributed by atoms with van der Waals surface area (Å²) < 4.78 is 18.6. The molecule has 0 heterocycles. The summed E-state index contributed by atoms with van der Waals surface area (Å²) in [6, 6.07) is 59.2. The highest BCUT2D eigenvalue weighted by Crippen LogP contribution is 2.43. The van der Waals surface area contributed by atoms with Crippen molar-refractivity contribution < 1.29 is 19.3 Å². The Morgan fingerprint density at radius 1 is 0.333 bits per heavy atom. The van der Waals surface area contributed by atoms with Gasteiger partial charge < -0.3 is 19.3 Å². The molecule has 0 unspecified atom stereocenters. The first-order valence-corrected chi connectivity index (χ1v) is 17.1. The van der Waals surface area contributed by atoms with Crippen molar-refractivity contribution in [2.45, 2.75) is 19.8 Å². The molecule has 4 heteroatoms. The monoisotopic (exact) mass is 664 g/mol. The van der Waals surface area contributed by atoms with Gasteiger partial charge in [-0.25, -0.2) is 0 Å². The molecule has 0 aromatic heterocycles. The number of para-hydroxylation sites is 2. The van der Waals surface area contributed by atoms with E-state index in [2.05, 4.69) is 78.9 Å². The molecule has 0 saturated heterocycles. The highest BCUT2D eigenvalue weighted by molar-refractivity contribution is 6.21. The van der Waals surface area contributed by atoms with Gasteiger partial charge in [0, 0.05) is 0 Å². The Morgan fingerprint density at radius 2 is 0.706 bits per heavy atom. The number of aromatic hydroxyl groups is 1. The summed E-state index contributed by atoms with van der Waals surface area (Å²) in [6.45, 7) is 1.26. The van der Waals surface area contributed by atoms with Crippen molar-refractivity contribution in [2.75, 3.05) is 0 Å². The van der Waals surface area contributed by atoms with E-state index >= 15 is 0 Å². The Kier molecular flexibility index (Phi) is 9.04. The van der Waals surface area contributed by atoms with Crippen molar-refractivity contribution in [3.63, 3.8) is 0 Å². The van der Waals surface area contributed by atoms with E-state index in [0.717, 1.165) is 45.1 Å². The van der Waals surface area contributed by atoms with Gasteiger partial charge in [-0.1, -0.05) is 121 Å². The molecular formula is C47H36O4. The van der Waals surface area contributed by atoms with Crippen LogP contribution in [0.1, 0.15) is 16.7 Å². The van der Waals surface area contributed by atoms with Gasteiger partial charge in [0.1, 0.15) is 42.8 Å². The Bertz CT molecular complexity index is 2280. The maximum atomic E-state index is 9.98. The molecule has 0 saturated carbocycles. The predicted molar refractivity (Wildman–Crippen MR) is 206 cm³/mol. The van der Waals surface area contributed by atoms with Gasteiger partial charge in [0.05, 0.1) is 0 Å². The standard InChI is InChI=1S/C47H36O4/c48-38-25-23-37(24-26-38)47-44-17-9-7-15-42(44)46(43-16-8-10-18-45(43)47)36-21-19-33(20-22-36)30-51-41-28-34(31-49-39-11-3-1-4-12-39)27-35(29-41)32-50-40-13-5-2-6-14-40/h1-29,48H,30-32H2. The molecule has 0 radical (unpaired) electrons. The Balaban J connectivity index is 1.07. The topological polar surface area (TPSA) is 47.9 Å². The van der Waals surface area contributed by atoms with Crippen LogP contribution in [-0.4, -0.2) is 5.11 Å². The Labute approximate surface area is 297 Å². The summed E-state index contributed by atoms with van der Waals surface area (Å²) in [7, 11) is 0. The first-order chi connectivity index (χ1) is 25.2. The molecule has 0 aliphatic heterocycles. The van der Waals surface area contributed by atoms with E-state index in [-0.39, 0.29) is 5.75 Å². The molecule has 0 aliphatic rings. The van der Waals surface area contributed by atoms with Crippen LogP contribution in [0, 0.1) is 0 Å².